The number of piperazine rings is 2. The maximum atomic E-state index is 17.1. The van der Waals surface area contributed by atoms with Gasteiger partial charge >= 0.3 is 0 Å². The normalized spacial score (nSPS) is 18.0. The molecule has 3 fully saturated rings. The number of amides is 5. The summed E-state index contributed by atoms with van der Waals surface area (Å²) in [5.74, 6) is -15.3. The number of hydrogen-bond acceptors (Lipinski definition) is 17. The Hall–Kier alpha value is -14.6. The Morgan fingerprint density at radius 2 is 0.687 bits per heavy atom. The Bertz CT molecular complexity index is 6810. The van der Waals surface area contributed by atoms with Crippen molar-refractivity contribution in [3.8, 4) is 67.7 Å². The van der Waals surface area contributed by atoms with Crippen molar-refractivity contribution < 1.29 is 78.8 Å². The summed E-state index contributed by atoms with van der Waals surface area (Å²) >= 11 is 0. The van der Waals surface area contributed by atoms with E-state index in [9.17, 15) is 58.1 Å². The van der Waals surface area contributed by atoms with Crippen molar-refractivity contribution in [2.75, 3.05) is 63.4 Å². The quantitative estimate of drug-likeness (QED) is 0.0518. The second-order valence-corrected chi connectivity index (χ2v) is 34.6. The van der Waals surface area contributed by atoms with E-state index in [1.54, 1.807) is 86.1 Å². The van der Waals surface area contributed by atoms with E-state index in [0.717, 1.165) is 86.9 Å². The van der Waals surface area contributed by atoms with Gasteiger partial charge in [0.15, 0.2) is 17.5 Å². The van der Waals surface area contributed by atoms with Gasteiger partial charge in [-0.15, -0.1) is 0 Å². The topological polar surface area (TPSA) is 303 Å². The maximum absolute atomic E-state index is 17.1. The van der Waals surface area contributed by atoms with Gasteiger partial charge in [0.1, 0.15) is 87.3 Å². The van der Waals surface area contributed by atoms with E-state index < -0.39 is 162 Å². The maximum Gasteiger partial charge on any atom is 0.281 e. The number of fused-ring (bicyclic) bond motifs is 15. The summed E-state index contributed by atoms with van der Waals surface area (Å²) in [6, 6.07) is 14.4. The van der Waals surface area contributed by atoms with Crippen molar-refractivity contribution in [2.24, 2.45) is 5.92 Å². The van der Waals surface area contributed by atoms with Gasteiger partial charge in [-0.2, -0.15) is 0 Å². The zero-order chi connectivity index (χ0) is 94.3. The lowest BCUT2D eigenvalue weighted by Crippen LogP contribution is -2.64. The number of hydrogen-bond donors (Lipinski definition) is 6. The molecule has 18 rings (SSSR count). The average molecular weight is 1800 g/mol. The van der Waals surface area contributed by atoms with E-state index in [1.165, 1.54) is 28.0 Å². The number of nitrogens with zero attached hydrogens (tertiary/aromatic N) is 11. The fraction of sp³-hybridized carbons (Fsp3) is 0.289. The first-order chi connectivity index (χ1) is 62.2. The van der Waals surface area contributed by atoms with Crippen LogP contribution >= 0.6 is 0 Å². The smallest absolute Gasteiger partial charge is 0.281 e. The second kappa shape index (κ2) is 34.1. The van der Waals surface area contributed by atoms with Crippen LogP contribution in [0.15, 0.2) is 149 Å². The van der Waals surface area contributed by atoms with E-state index >= 15 is 35.1 Å². The average Bonchev–Trinajstić information content (AvgIpc) is 0.712. The third kappa shape index (κ3) is 14.6. The van der Waals surface area contributed by atoms with Crippen LogP contribution in [0.5, 0.6) is 17.2 Å². The monoisotopic (exact) mass is 1800 g/mol. The number of rotatable bonds is 11. The fourth-order valence-corrected chi connectivity index (χ4v) is 19.1. The zero-order valence-corrected chi connectivity index (χ0v) is 73.0. The van der Waals surface area contributed by atoms with Crippen LogP contribution in [0, 0.1) is 79.0 Å². The fourth-order valence-electron chi connectivity index (χ4n) is 19.1. The standard InChI is InChI=1S/2C33H30F3N5O4.C31H29F3N4O3/c2*1-6-23(43)39-14-21-32(44)38-28-31(40(21)13-17(39)5)18-12-20(35)25(24-19(34)8-7-9-22(24)42)26(36)30(18)41(33(28)45)29-16(4)10-11-37-27(29)15(2)3;1-14(2)25-27(16(4)10-11-35-25)38-28-17(12-19(33)23(24(28)34)22-18(32)6-5-7-21(22)39)29-26(31(38)41)36-30(40)20-9-8-15(3)13-37(20)29/h2*6-12,15,17,21,42H,1,13-14H2,2-5H3,(H,38,44);5-7,10-12,14-15,20,39H,8-9,13H2,1-4H3,(H,36,40)/t2*17-,21-;15-,20+/m110/s1. The number of carbonyl (C=O) groups is 5. The van der Waals surface area contributed by atoms with Crippen LogP contribution in [0.25, 0.3) is 83.2 Å². The third-order valence-electron chi connectivity index (χ3n) is 25.2. The van der Waals surface area contributed by atoms with E-state index in [1.807, 2.05) is 48.5 Å². The number of piperidine rings is 1. The SMILES string of the molecule is C=CC(=O)N1C[C@@H]2C(=O)Nc3c(c4cc(F)c(-c5c(O)cccc5F)c(F)c4n(-c4c(C)ccnc4C(C)C)c3=O)N2C[C@H]1C.C=CC(=O)N1C[C@@H]2C(=O)Nc3c(c4cc(F)c(-c5c(O)cccc5F)c(F)c4n(-c4c(C)ccnc4C(C)C)c3=O)N2C[C@H]1C.Cc1ccnc(C(C)C)c1-n1c(=O)c2c(c3cc(F)c(-c4c(O)cccc4F)c(F)c31)N1C[C@@H](C)CC[C@@H]1C(=O)N2. The van der Waals surface area contributed by atoms with E-state index in [0.29, 0.717) is 46.7 Å². The number of phenols is 3. The molecule has 6 aromatic carbocycles. The Kier molecular flexibility index (Phi) is 23.4. The minimum absolute atomic E-state index is 0.0474. The Balaban J connectivity index is 0.000000144. The van der Waals surface area contributed by atoms with Crippen molar-refractivity contribution in [3.05, 3.63) is 252 Å². The summed E-state index contributed by atoms with van der Waals surface area (Å²) in [4.78, 5) is 130. The van der Waals surface area contributed by atoms with Gasteiger partial charge in [0.05, 0.1) is 114 Å². The summed E-state index contributed by atoms with van der Waals surface area (Å²) in [6.45, 7) is 29.2. The molecule has 0 radical (unpaired) electrons. The number of anilines is 6. The molecule has 676 valence electrons. The molecule has 25 nitrogen and oxygen atoms in total. The number of aryl methyl sites for hydroxylation is 3. The number of aromatic nitrogens is 6. The van der Waals surface area contributed by atoms with Crippen LogP contribution in [0.2, 0.25) is 0 Å². The summed E-state index contributed by atoms with van der Waals surface area (Å²) in [5.41, 5.74) is -4.28. The van der Waals surface area contributed by atoms with Gasteiger partial charge < -0.3 is 55.8 Å². The minimum atomic E-state index is -1.29. The van der Waals surface area contributed by atoms with E-state index in [4.69, 9.17) is 0 Å². The summed E-state index contributed by atoms with van der Waals surface area (Å²) < 4.78 is 148. The van der Waals surface area contributed by atoms with Crippen molar-refractivity contribution in [2.45, 2.75) is 144 Å². The van der Waals surface area contributed by atoms with E-state index in [2.05, 4.69) is 44.1 Å². The molecule has 131 heavy (non-hydrogen) atoms. The minimum Gasteiger partial charge on any atom is -0.507 e. The highest BCUT2D eigenvalue weighted by Crippen LogP contribution is 2.51. The molecule has 0 aliphatic carbocycles. The molecule has 0 unspecified atom stereocenters. The van der Waals surface area contributed by atoms with Gasteiger partial charge in [-0.05, 0) is 173 Å². The molecule has 34 heteroatoms. The molecule has 6 atom stereocenters. The van der Waals surface area contributed by atoms with Crippen LogP contribution in [0.4, 0.5) is 73.6 Å². The van der Waals surface area contributed by atoms with Crippen LogP contribution in [-0.2, 0) is 24.0 Å². The number of pyridine rings is 6. The zero-order valence-electron chi connectivity index (χ0n) is 73.0. The van der Waals surface area contributed by atoms with Gasteiger partial charge in [-0.1, -0.05) is 79.8 Å². The van der Waals surface area contributed by atoms with Gasteiger partial charge in [0.25, 0.3) is 16.7 Å². The van der Waals surface area contributed by atoms with Crippen molar-refractivity contribution in [1.82, 2.24) is 38.5 Å². The van der Waals surface area contributed by atoms with Crippen molar-refractivity contribution >= 4 is 96.4 Å². The van der Waals surface area contributed by atoms with Crippen LogP contribution < -0.4 is 47.3 Å². The number of carbonyl (C=O) groups excluding carboxylic acids is 5. The number of nitrogens with one attached hydrogen (secondary N) is 3. The summed E-state index contributed by atoms with van der Waals surface area (Å²) in [6.07, 6.45) is 8.27. The lowest BCUT2D eigenvalue weighted by Gasteiger charge is -2.48. The molecule has 5 amide bonds. The Labute approximate surface area is 743 Å². The van der Waals surface area contributed by atoms with Gasteiger partial charge in [0, 0.05) is 66.5 Å². The van der Waals surface area contributed by atoms with Crippen molar-refractivity contribution in [1.29, 1.82) is 0 Å². The molecule has 6 aliphatic heterocycles. The number of benzene rings is 6. The number of phenolic OH excluding ortho intramolecular Hbond substituents is 3. The Morgan fingerprint density at radius 1 is 0.397 bits per heavy atom. The summed E-state index contributed by atoms with van der Waals surface area (Å²) in [5, 5.41) is 39.4. The number of halogens is 9. The summed E-state index contributed by atoms with van der Waals surface area (Å²) in [7, 11) is 0. The lowest BCUT2D eigenvalue weighted by molar-refractivity contribution is -0.131. The van der Waals surface area contributed by atoms with Crippen LogP contribution in [0.3, 0.4) is 0 Å². The highest BCUT2D eigenvalue weighted by atomic mass is 19.2. The lowest BCUT2D eigenvalue weighted by atomic mass is 9.90. The molecule has 12 heterocycles. The first kappa shape index (κ1) is 89.8. The molecule has 0 spiro atoms. The predicted octanol–water partition coefficient (Wildman–Crippen LogP) is 16.5. The molecular weight excluding hydrogens is 1710 g/mol. The predicted molar refractivity (Wildman–Crippen MR) is 480 cm³/mol. The highest BCUT2D eigenvalue weighted by Gasteiger charge is 2.48. The Morgan fingerprint density at radius 3 is 0.969 bits per heavy atom. The third-order valence-corrected chi connectivity index (χ3v) is 25.2. The van der Waals surface area contributed by atoms with Gasteiger partial charge in [0.2, 0.25) is 29.5 Å². The van der Waals surface area contributed by atoms with Gasteiger partial charge in [-0.25, -0.2) is 39.5 Å². The van der Waals surface area contributed by atoms with Crippen LogP contribution in [0.1, 0.15) is 127 Å². The molecule has 6 aromatic heterocycles. The highest BCUT2D eigenvalue weighted by molar-refractivity contribution is 6.15. The molecule has 0 saturated carbocycles. The largest absolute Gasteiger partial charge is 0.507 e. The first-order valence-corrected chi connectivity index (χ1v) is 42.5. The number of aromatic hydroxyl groups is 3. The van der Waals surface area contributed by atoms with Crippen LogP contribution in [-0.4, -0.2) is 146 Å². The molecule has 3 saturated heterocycles. The molecular formula is C97H89F9N14O11. The van der Waals surface area contributed by atoms with E-state index in [-0.39, 0.29) is 151 Å². The first-order valence-electron chi connectivity index (χ1n) is 42.5. The molecule has 0 bridgehead atoms. The second-order valence-electron chi connectivity index (χ2n) is 34.6. The molecule has 6 aliphatic rings. The molecule has 12 aromatic rings. The van der Waals surface area contributed by atoms with Gasteiger partial charge in [-0.3, -0.25) is 67.0 Å². The molecule has 6 N–H and O–H groups in total. The van der Waals surface area contributed by atoms with Crippen molar-refractivity contribution in [3.63, 3.8) is 0 Å².